The molecule has 0 aromatic heterocycles. The predicted octanol–water partition coefficient (Wildman–Crippen LogP) is 2.52. The van der Waals surface area contributed by atoms with Crippen molar-refractivity contribution in [2.45, 2.75) is 13.0 Å². The van der Waals surface area contributed by atoms with Gasteiger partial charge in [-0.25, -0.2) is 0 Å². The van der Waals surface area contributed by atoms with Crippen molar-refractivity contribution in [3.05, 3.63) is 65.7 Å². The maximum atomic E-state index is 12.2. The number of hydrogen-bond acceptors (Lipinski definition) is 2. The second-order valence-corrected chi connectivity index (χ2v) is 5.04. The molecule has 2 amide bonds. The van der Waals surface area contributed by atoms with Gasteiger partial charge in [0, 0.05) is 13.5 Å². The van der Waals surface area contributed by atoms with Gasteiger partial charge >= 0.3 is 0 Å². The fraction of sp³-hybridized carbons (Fsp3) is 0.176. The zero-order chi connectivity index (χ0) is 14.8. The summed E-state index contributed by atoms with van der Waals surface area (Å²) in [6.07, 6.45) is 0. The lowest BCUT2D eigenvalue weighted by molar-refractivity contribution is -0.117. The Morgan fingerprint density at radius 3 is 2.48 bits per heavy atom. The fourth-order valence-electron chi connectivity index (χ4n) is 2.75. The Balaban J connectivity index is 2.15. The van der Waals surface area contributed by atoms with E-state index in [9.17, 15) is 9.59 Å². The number of rotatable bonds is 1. The minimum Gasteiger partial charge on any atom is -0.350 e. The SMILES string of the molecule is CC(=O)N1c2ccccc2C(=O)NCC1c1ccccc1. The molecule has 4 heteroatoms. The highest BCUT2D eigenvalue weighted by Gasteiger charge is 2.31. The van der Waals surface area contributed by atoms with E-state index in [1.165, 1.54) is 6.92 Å². The molecule has 2 aromatic rings. The average Bonchev–Trinajstić information content (AvgIpc) is 2.66. The van der Waals surface area contributed by atoms with Gasteiger partial charge in [0.1, 0.15) is 0 Å². The second-order valence-electron chi connectivity index (χ2n) is 5.04. The lowest BCUT2D eigenvalue weighted by atomic mass is 10.0. The molecule has 1 N–H and O–H groups in total. The summed E-state index contributed by atoms with van der Waals surface area (Å²) in [7, 11) is 0. The molecule has 1 unspecified atom stereocenters. The number of nitrogens with zero attached hydrogens (tertiary/aromatic N) is 1. The number of anilines is 1. The topological polar surface area (TPSA) is 49.4 Å². The van der Waals surface area contributed by atoms with Crippen LogP contribution in [-0.4, -0.2) is 18.4 Å². The summed E-state index contributed by atoms with van der Waals surface area (Å²) < 4.78 is 0. The van der Waals surface area contributed by atoms with Crippen LogP contribution in [0.15, 0.2) is 54.6 Å². The van der Waals surface area contributed by atoms with Crippen LogP contribution in [0.5, 0.6) is 0 Å². The first kappa shape index (κ1) is 13.4. The molecule has 0 fully saturated rings. The minimum absolute atomic E-state index is 0.0761. The molecule has 0 bridgehead atoms. The molecule has 2 aromatic carbocycles. The van der Waals surface area contributed by atoms with Crippen molar-refractivity contribution in [2.24, 2.45) is 0 Å². The third kappa shape index (κ3) is 2.40. The zero-order valence-corrected chi connectivity index (χ0v) is 11.7. The summed E-state index contributed by atoms with van der Waals surface area (Å²) in [5.74, 6) is -0.219. The lowest BCUT2D eigenvalue weighted by Crippen LogP contribution is -2.37. The first-order valence-electron chi connectivity index (χ1n) is 6.90. The van der Waals surface area contributed by atoms with Gasteiger partial charge in [0.25, 0.3) is 5.91 Å². The summed E-state index contributed by atoms with van der Waals surface area (Å²) in [6, 6.07) is 16.8. The maximum absolute atomic E-state index is 12.2. The van der Waals surface area contributed by atoms with Crippen molar-refractivity contribution in [1.82, 2.24) is 5.32 Å². The Hall–Kier alpha value is -2.62. The van der Waals surface area contributed by atoms with E-state index in [4.69, 9.17) is 0 Å². The highest BCUT2D eigenvalue weighted by Crippen LogP contribution is 2.32. The Morgan fingerprint density at radius 1 is 1.10 bits per heavy atom. The van der Waals surface area contributed by atoms with Crippen LogP contribution in [0.1, 0.15) is 28.9 Å². The van der Waals surface area contributed by atoms with E-state index >= 15 is 0 Å². The van der Waals surface area contributed by atoms with Gasteiger partial charge in [0.2, 0.25) is 5.91 Å². The van der Waals surface area contributed by atoms with Crippen molar-refractivity contribution < 1.29 is 9.59 Å². The van der Waals surface area contributed by atoms with Gasteiger partial charge in [0.05, 0.1) is 17.3 Å². The number of amides is 2. The van der Waals surface area contributed by atoms with Crippen LogP contribution < -0.4 is 10.2 Å². The van der Waals surface area contributed by atoms with Crippen LogP contribution in [0.4, 0.5) is 5.69 Å². The van der Waals surface area contributed by atoms with Gasteiger partial charge in [-0.15, -0.1) is 0 Å². The van der Waals surface area contributed by atoms with Crippen LogP contribution in [0, 0.1) is 0 Å². The number of hydrogen-bond donors (Lipinski definition) is 1. The largest absolute Gasteiger partial charge is 0.350 e. The standard InChI is InChI=1S/C17H16N2O2/c1-12(20)19-15-10-6-5-9-14(15)17(21)18-11-16(19)13-7-3-2-4-8-13/h2-10,16H,11H2,1H3,(H,18,21). The first-order valence-corrected chi connectivity index (χ1v) is 6.90. The summed E-state index contributed by atoms with van der Waals surface area (Å²) in [5, 5.41) is 2.90. The molecule has 0 radical (unpaired) electrons. The molecule has 1 heterocycles. The summed E-state index contributed by atoms with van der Waals surface area (Å²) in [4.78, 5) is 26.1. The van der Waals surface area contributed by atoms with E-state index in [1.807, 2.05) is 42.5 Å². The molecule has 21 heavy (non-hydrogen) atoms. The van der Waals surface area contributed by atoms with Crippen LogP contribution in [0.3, 0.4) is 0 Å². The van der Waals surface area contributed by atoms with Gasteiger partial charge < -0.3 is 10.2 Å². The molecule has 106 valence electrons. The third-order valence-corrected chi connectivity index (χ3v) is 3.70. The van der Waals surface area contributed by atoms with Crippen molar-refractivity contribution in [2.75, 3.05) is 11.4 Å². The van der Waals surface area contributed by atoms with Crippen LogP contribution >= 0.6 is 0 Å². The number of nitrogens with one attached hydrogen (secondary N) is 1. The van der Waals surface area contributed by atoms with E-state index in [0.29, 0.717) is 17.8 Å². The molecule has 0 spiro atoms. The molecular weight excluding hydrogens is 264 g/mol. The third-order valence-electron chi connectivity index (χ3n) is 3.70. The number of para-hydroxylation sites is 1. The fourth-order valence-corrected chi connectivity index (χ4v) is 2.75. The van der Waals surface area contributed by atoms with Gasteiger partial charge in [-0.1, -0.05) is 42.5 Å². The molecule has 4 nitrogen and oxygen atoms in total. The highest BCUT2D eigenvalue weighted by atomic mass is 16.2. The predicted molar refractivity (Wildman–Crippen MR) is 81.1 cm³/mol. The number of fused-ring (bicyclic) bond motifs is 1. The van der Waals surface area contributed by atoms with E-state index < -0.39 is 0 Å². The Bertz CT molecular complexity index is 682. The van der Waals surface area contributed by atoms with Gasteiger partial charge in [-0.05, 0) is 17.7 Å². The first-order chi connectivity index (χ1) is 10.2. The van der Waals surface area contributed by atoms with Crippen LogP contribution in [0.25, 0.3) is 0 Å². The van der Waals surface area contributed by atoms with Crippen molar-refractivity contribution in [3.8, 4) is 0 Å². The van der Waals surface area contributed by atoms with E-state index in [1.54, 1.807) is 17.0 Å². The second kappa shape index (κ2) is 5.40. The maximum Gasteiger partial charge on any atom is 0.253 e. The normalized spacial score (nSPS) is 17.7. The van der Waals surface area contributed by atoms with Gasteiger partial charge in [0.15, 0.2) is 0 Å². The van der Waals surface area contributed by atoms with Crippen molar-refractivity contribution >= 4 is 17.5 Å². The molecule has 1 aliphatic rings. The van der Waals surface area contributed by atoms with Crippen molar-refractivity contribution in [3.63, 3.8) is 0 Å². The quantitative estimate of drug-likeness (QED) is 0.872. The smallest absolute Gasteiger partial charge is 0.253 e. The molecule has 0 saturated heterocycles. The zero-order valence-electron chi connectivity index (χ0n) is 11.7. The highest BCUT2D eigenvalue weighted by molar-refractivity contribution is 6.05. The van der Waals surface area contributed by atoms with Crippen molar-refractivity contribution in [1.29, 1.82) is 0 Å². The number of benzene rings is 2. The molecule has 0 aliphatic carbocycles. The molecular formula is C17H16N2O2. The lowest BCUT2D eigenvalue weighted by Gasteiger charge is -2.30. The van der Waals surface area contributed by atoms with E-state index in [-0.39, 0.29) is 17.9 Å². The molecule has 1 atom stereocenters. The Labute approximate surface area is 123 Å². The van der Waals surface area contributed by atoms with E-state index in [0.717, 1.165) is 5.56 Å². The van der Waals surface area contributed by atoms with Gasteiger partial charge in [-0.3, -0.25) is 9.59 Å². The molecule has 0 saturated carbocycles. The monoisotopic (exact) mass is 280 g/mol. The molecule has 3 rings (SSSR count). The average molecular weight is 280 g/mol. The summed E-state index contributed by atoms with van der Waals surface area (Å²) in [6.45, 7) is 1.93. The Morgan fingerprint density at radius 2 is 1.76 bits per heavy atom. The molecule has 1 aliphatic heterocycles. The number of carbonyl (C=O) groups excluding carboxylic acids is 2. The summed E-state index contributed by atoms with van der Waals surface area (Å²) in [5.41, 5.74) is 2.20. The number of carbonyl (C=O) groups is 2. The van der Waals surface area contributed by atoms with Gasteiger partial charge in [-0.2, -0.15) is 0 Å². The van der Waals surface area contributed by atoms with E-state index in [2.05, 4.69) is 5.32 Å². The van der Waals surface area contributed by atoms with Crippen LogP contribution in [0.2, 0.25) is 0 Å². The van der Waals surface area contributed by atoms with Crippen LogP contribution in [-0.2, 0) is 4.79 Å². The Kier molecular flexibility index (Phi) is 3.44. The summed E-state index contributed by atoms with van der Waals surface area (Å²) >= 11 is 0. The minimum atomic E-state index is -0.198.